The number of carbonyl (C=O) groups excluding carboxylic acids is 1. The first-order chi connectivity index (χ1) is 10.0. The number of aliphatic hydroxyl groups is 1. The summed E-state index contributed by atoms with van der Waals surface area (Å²) in [7, 11) is 3.84. The average molecular weight is 291 g/mol. The maximum atomic E-state index is 12.2. The van der Waals surface area contributed by atoms with Gasteiger partial charge in [0.05, 0.1) is 5.60 Å². The highest BCUT2D eigenvalue weighted by molar-refractivity contribution is 5.93. The highest BCUT2D eigenvalue weighted by Crippen LogP contribution is 2.26. The van der Waals surface area contributed by atoms with E-state index in [1.807, 2.05) is 25.1 Å². The van der Waals surface area contributed by atoms with Gasteiger partial charge < -0.3 is 15.3 Å². The molecule has 5 heteroatoms. The van der Waals surface area contributed by atoms with Crippen molar-refractivity contribution in [2.75, 3.05) is 25.5 Å². The summed E-state index contributed by atoms with van der Waals surface area (Å²) in [4.78, 5) is 18.2. The second kappa shape index (κ2) is 6.89. The summed E-state index contributed by atoms with van der Waals surface area (Å²) in [5, 5.41) is 13.4. The largest absolute Gasteiger partial charge is 0.388 e. The Balaban J connectivity index is 1.96. The summed E-state index contributed by atoms with van der Waals surface area (Å²) >= 11 is 0. The van der Waals surface area contributed by atoms with Crippen molar-refractivity contribution < 1.29 is 9.90 Å². The molecule has 116 valence electrons. The van der Waals surface area contributed by atoms with E-state index in [9.17, 15) is 9.90 Å². The van der Waals surface area contributed by atoms with Gasteiger partial charge in [-0.15, -0.1) is 0 Å². The van der Waals surface area contributed by atoms with Gasteiger partial charge in [0.25, 0.3) is 5.91 Å². The van der Waals surface area contributed by atoms with Crippen LogP contribution in [-0.4, -0.2) is 42.2 Å². The predicted molar refractivity (Wildman–Crippen MR) is 83.5 cm³/mol. The van der Waals surface area contributed by atoms with Gasteiger partial charge in [-0.25, -0.2) is 0 Å². The number of hydrogen-bond donors (Lipinski definition) is 2. The molecule has 1 aromatic rings. The molecular formula is C16H25N3O2. The van der Waals surface area contributed by atoms with Crippen molar-refractivity contribution in [1.82, 2.24) is 10.3 Å². The first-order valence-corrected chi connectivity index (χ1v) is 7.64. The molecule has 2 N–H and O–H groups in total. The van der Waals surface area contributed by atoms with Crippen LogP contribution in [0, 0.1) is 0 Å². The fourth-order valence-corrected chi connectivity index (χ4v) is 2.72. The van der Waals surface area contributed by atoms with Gasteiger partial charge in [-0.2, -0.15) is 0 Å². The Morgan fingerprint density at radius 3 is 2.62 bits per heavy atom. The van der Waals surface area contributed by atoms with Gasteiger partial charge in [0.2, 0.25) is 0 Å². The first-order valence-electron chi connectivity index (χ1n) is 7.64. The molecule has 1 aliphatic carbocycles. The third-order valence-electron chi connectivity index (χ3n) is 4.10. The molecule has 1 amide bonds. The van der Waals surface area contributed by atoms with Gasteiger partial charge in [0, 0.05) is 32.5 Å². The molecule has 0 aromatic carbocycles. The minimum absolute atomic E-state index is 0.226. The van der Waals surface area contributed by atoms with Gasteiger partial charge in [-0.05, 0) is 25.0 Å². The Labute approximate surface area is 126 Å². The third-order valence-corrected chi connectivity index (χ3v) is 4.10. The average Bonchev–Trinajstić information content (AvgIpc) is 2.70. The highest BCUT2D eigenvalue weighted by atomic mass is 16.3. The van der Waals surface area contributed by atoms with Crippen molar-refractivity contribution in [3.05, 3.63) is 24.0 Å². The molecule has 0 atom stereocenters. The molecule has 0 spiro atoms. The quantitative estimate of drug-likeness (QED) is 0.832. The van der Waals surface area contributed by atoms with Crippen LogP contribution in [0.5, 0.6) is 0 Å². The Morgan fingerprint density at radius 2 is 2.00 bits per heavy atom. The molecule has 2 rings (SSSR count). The first kappa shape index (κ1) is 15.8. The summed E-state index contributed by atoms with van der Waals surface area (Å²) in [6, 6.07) is 3.61. The zero-order valence-corrected chi connectivity index (χ0v) is 12.9. The van der Waals surface area contributed by atoms with E-state index >= 15 is 0 Å². The zero-order chi connectivity index (χ0) is 15.3. The number of amides is 1. The van der Waals surface area contributed by atoms with Crippen molar-refractivity contribution in [3.63, 3.8) is 0 Å². The van der Waals surface area contributed by atoms with E-state index in [0.29, 0.717) is 12.2 Å². The monoisotopic (exact) mass is 291 g/mol. The van der Waals surface area contributed by atoms with Gasteiger partial charge in [-0.1, -0.05) is 25.7 Å². The van der Waals surface area contributed by atoms with Gasteiger partial charge in [0.15, 0.2) is 0 Å². The molecule has 1 aliphatic rings. The van der Waals surface area contributed by atoms with E-state index in [2.05, 4.69) is 10.3 Å². The molecule has 1 fully saturated rings. The van der Waals surface area contributed by atoms with Crippen LogP contribution in [0.15, 0.2) is 18.3 Å². The Bertz CT molecular complexity index is 480. The third kappa shape index (κ3) is 4.43. The normalized spacial score (nSPS) is 17.9. The molecule has 0 unspecified atom stereocenters. The molecular weight excluding hydrogens is 266 g/mol. The molecule has 1 heterocycles. The molecule has 0 saturated heterocycles. The maximum Gasteiger partial charge on any atom is 0.270 e. The van der Waals surface area contributed by atoms with E-state index in [0.717, 1.165) is 31.4 Å². The number of carbonyl (C=O) groups is 1. The van der Waals surface area contributed by atoms with Crippen molar-refractivity contribution in [1.29, 1.82) is 0 Å². The Hall–Kier alpha value is -1.62. The maximum absolute atomic E-state index is 12.2. The van der Waals surface area contributed by atoms with Gasteiger partial charge in [0.1, 0.15) is 5.69 Å². The molecule has 1 saturated carbocycles. The Kier molecular flexibility index (Phi) is 5.17. The minimum atomic E-state index is -0.759. The van der Waals surface area contributed by atoms with E-state index in [4.69, 9.17) is 0 Å². The van der Waals surface area contributed by atoms with Crippen LogP contribution in [0.3, 0.4) is 0 Å². The van der Waals surface area contributed by atoms with E-state index in [-0.39, 0.29) is 5.91 Å². The minimum Gasteiger partial charge on any atom is -0.388 e. The topological polar surface area (TPSA) is 65.5 Å². The van der Waals surface area contributed by atoms with Crippen LogP contribution >= 0.6 is 0 Å². The van der Waals surface area contributed by atoms with Gasteiger partial charge in [-0.3, -0.25) is 9.78 Å². The number of anilines is 1. The summed E-state index contributed by atoms with van der Waals surface area (Å²) in [6.07, 6.45) is 7.55. The van der Waals surface area contributed by atoms with Crippen LogP contribution in [0.4, 0.5) is 5.69 Å². The number of rotatable bonds is 4. The second-order valence-electron chi connectivity index (χ2n) is 6.11. The van der Waals surface area contributed by atoms with Crippen molar-refractivity contribution >= 4 is 11.6 Å². The lowest BCUT2D eigenvalue weighted by molar-refractivity contribution is 0.0246. The summed E-state index contributed by atoms with van der Waals surface area (Å²) < 4.78 is 0. The van der Waals surface area contributed by atoms with Crippen molar-refractivity contribution in [2.24, 2.45) is 0 Å². The fourth-order valence-electron chi connectivity index (χ4n) is 2.72. The number of pyridine rings is 1. The standard InChI is InChI=1S/C16H25N3O2/c1-19(2)13-7-10-17-14(11-13)15(20)18-12-16(21)8-5-3-4-6-9-16/h7,10-11,21H,3-6,8-9,12H2,1-2H3,(H,18,20). The van der Waals surface area contributed by atoms with Crippen LogP contribution in [0.25, 0.3) is 0 Å². The van der Waals surface area contributed by atoms with E-state index < -0.39 is 5.60 Å². The number of nitrogens with zero attached hydrogens (tertiary/aromatic N) is 2. The highest BCUT2D eigenvalue weighted by Gasteiger charge is 2.28. The molecule has 1 aromatic heterocycles. The predicted octanol–water partition coefficient (Wildman–Crippen LogP) is 1.96. The van der Waals surface area contributed by atoms with Crippen LogP contribution in [0.2, 0.25) is 0 Å². The Morgan fingerprint density at radius 1 is 1.33 bits per heavy atom. The second-order valence-corrected chi connectivity index (χ2v) is 6.11. The zero-order valence-electron chi connectivity index (χ0n) is 12.9. The van der Waals surface area contributed by atoms with Crippen LogP contribution < -0.4 is 10.2 Å². The molecule has 5 nitrogen and oxygen atoms in total. The van der Waals surface area contributed by atoms with Crippen LogP contribution in [-0.2, 0) is 0 Å². The van der Waals surface area contributed by atoms with E-state index in [1.54, 1.807) is 12.3 Å². The van der Waals surface area contributed by atoms with Crippen molar-refractivity contribution in [2.45, 2.75) is 44.1 Å². The molecule has 0 aliphatic heterocycles. The van der Waals surface area contributed by atoms with Crippen molar-refractivity contribution in [3.8, 4) is 0 Å². The number of hydrogen-bond acceptors (Lipinski definition) is 4. The lowest BCUT2D eigenvalue weighted by atomic mass is 9.94. The molecule has 21 heavy (non-hydrogen) atoms. The lowest BCUT2D eigenvalue weighted by Gasteiger charge is -2.26. The SMILES string of the molecule is CN(C)c1ccnc(C(=O)NCC2(O)CCCCCC2)c1. The van der Waals surface area contributed by atoms with Crippen LogP contribution in [0.1, 0.15) is 49.0 Å². The molecule has 0 radical (unpaired) electrons. The number of nitrogens with one attached hydrogen (secondary N) is 1. The summed E-state index contributed by atoms with van der Waals surface area (Å²) in [5.41, 5.74) is 0.562. The smallest absolute Gasteiger partial charge is 0.270 e. The summed E-state index contributed by atoms with van der Waals surface area (Å²) in [5.74, 6) is -0.226. The lowest BCUT2D eigenvalue weighted by Crippen LogP contribution is -2.42. The van der Waals surface area contributed by atoms with E-state index in [1.165, 1.54) is 12.8 Å². The summed E-state index contributed by atoms with van der Waals surface area (Å²) in [6.45, 7) is 0.305. The fraction of sp³-hybridized carbons (Fsp3) is 0.625. The molecule has 0 bridgehead atoms. The number of aromatic nitrogens is 1. The van der Waals surface area contributed by atoms with Gasteiger partial charge >= 0.3 is 0 Å².